The molecule has 4 saturated carbocycles. The predicted molar refractivity (Wildman–Crippen MR) is 89.7 cm³/mol. The van der Waals surface area contributed by atoms with E-state index < -0.39 is 0 Å². The van der Waals surface area contributed by atoms with E-state index in [-0.39, 0.29) is 11.4 Å². The number of amides is 1. The minimum atomic E-state index is -0.0513. The molecule has 24 heavy (non-hydrogen) atoms. The second-order valence-corrected chi connectivity index (χ2v) is 8.74. The summed E-state index contributed by atoms with van der Waals surface area (Å²) in [4.78, 5) is 17.2. The summed E-state index contributed by atoms with van der Waals surface area (Å²) in [7, 11) is 0. The van der Waals surface area contributed by atoms with Crippen LogP contribution in [0.4, 0.5) is 0 Å². The zero-order valence-electron chi connectivity index (χ0n) is 14.2. The van der Waals surface area contributed by atoms with Gasteiger partial charge in [-0.1, -0.05) is 0 Å². The first-order valence-electron chi connectivity index (χ1n) is 9.68. The van der Waals surface area contributed by atoms with Gasteiger partial charge in [-0.05, 0) is 82.2 Å². The van der Waals surface area contributed by atoms with E-state index in [1.807, 2.05) is 0 Å². The van der Waals surface area contributed by atoms with Crippen molar-refractivity contribution in [1.82, 2.24) is 15.6 Å². The maximum absolute atomic E-state index is 12.8. The highest BCUT2D eigenvalue weighted by Crippen LogP contribution is 2.55. The molecule has 1 aromatic rings. The molecular formula is C19H27N3O2. The molecule has 6 rings (SSSR count). The molecule has 1 aromatic heterocycles. The smallest absolute Gasteiger partial charge is 0.289 e. The van der Waals surface area contributed by atoms with Crippen molar-refractivity contribution >= 4 is 5.91 Å². The summed E-state index contributed by atoms with van der Waals surface area (Å²) in [5.41, 5.74) is 0.0353. The van der Waals surface area contributed by atoms with E-state index in [1.165, 1.54) is 38.5 Å². The van der Waals surface area contributed by atoms with Gasteiger partial charge in [0.25, 0.3) is 5.91 Å². The Morgan fingerprint density at radius 2 is 1.75 bits per heavy atom. The zero-order valence-corrected chi connectivity index (χ0v) is 14.2. The Balaban J connectivity index is 1.30. The molecule has 4 bridgehead atoms. The number of aromatic nitrogens is 1. The van der Waals surface area contributed by atoms with Crippen molar-refractivity contribution in [2.45, 2.75) is 62.8 Å². The molecular weight excluding hydrogens is 302 g/mol. The molecule has 1 saturated heterocycles. The Morgan fingerprint density at radius 3 is 2.38 bits per heavy atom. The molecule has 4 aliphatic carbocycles. The average Bonchev–Trinajstić information content (AvgIpc) is 3.04. The van der Waals surface area contributed by atoms with Gasteiger partial charge in [0, 0.05) is 11.5 Å². The van der Waals surface area contributed by atoms with Crippen LogP contribution in [0.5, 0.6) is 0 Å². The molecule has 2 heterocycles. The van der Waals surface area contributed by atoms with Gasteiger partial charge in [0.05, 0.1) is 6.20 Å². The second-order valence-electron chi connectivity index (χ2n) is 8.74. The first-order chi connectivity index (χ1) is 11.7. The van der Waals surface area contributed by atoms with Crippen molar-refractivity contribution in [3.8, 4) is 0 Å². The highest BCUT2D eigenvalue weighted by atomic mass is 16.4. The van der Waals surface area contributed by atoms with Gasteiger partial charge in [0.15, 0.2) is 5.89 Å². The number of hydrogen-bond donors (Lipinski definition) is 2. The normalized spacial score (nSPS) is 38.4. The lowest BCUT2D eigenvalue weighted by atomic mass is 9.53. The Morgan fingerprint density at radius 1 is 1.12 bits per heavy atom. The summed E-state index contributed by atoms with van der Waals surface area (Å²) in [6.07, 6.45) is 11.4. The first-order valence-corrected chi connectivity index (χ1v) is 9.68. The van der Waals surface area contributed by atoms with Crippen molar-refractivity contribution < 1.29 is 9.21 Å². The highest BCUT2D eigenvalue weighted by Gasteiger charge is 2.51. The van der Waals surface area contributed by atoms with E-state index in [9.17, 15) is 4.79 Å². The largest absolute Gasteiger partial charge is 0.435 e. The molecule has 5 fully saturated rings. The van der Waals surface area contributed by atoms with Crippen LogP contribution in [0.3, 0.4) is 0 Å². The fourth-order valence-electron chi connectivity index (χ4n) is 6.22. The van der Waals surface area contributed by atoms with E-state index in [4.69, 9.17) is 4.42 Å². The summed E-state index contributed by atoms with van der Waals surface area (Å²) in [5.74, 6) is 3.94. The van der Waals surface area contributed by atoms with Crippen LogP contribution >= 0.6 is 0 Å². The van der Waals surface area contributed by atoms with E-state index in [2.05, 4.69) is 15.6 Å². The molecule has 0 aromatic carbocycles. The second kappa shape index (κ2) is 5.58. The number of carbonyl (C=O) groups is 1. The molecule has 0 atom stereocenters. The SMILES string of the molecule is O=C(NC12CC3CC(CC(C3)C1)C2)c1cnc(C2CCNCC2)o1. The lowest BCUT2D eigenvalue weighted by molar-refractivity contribution is -0.0171. The number of nitrogens with zero attached hydrogens (tertiary/aromatic N) is 1. The minimum Gasteiger partial charge on any atom is -0.435 e. The fraction of sp³-hybridized carbons (Fsp3) is 0.789. The van der Waals surface area contributed by atoms with Gasteiger partial charge in [0.2, 0.25) is 5.76 Å². The molecule has 0 radical (unpaired) electrons. The zero-order chi connectivity index (χ0) is 16.1. The topological polar surface area (TPSA) is 67.2 Å². The third-order valence-electron chi connectivity index (χ3n) is 6.85. The highest BCUT2D eigenvalue weighted by molar-refractivity contribution is 5.91. The third-order valence-corrected chi connectivity index (χ3v) is 6.85. The van der Waals surface area contributed by atoms with Crippen LogP contribution < -0.4 is 10.6 Å². The minimum absolute atomic E-state index is 0.0353. The number of piperidine rings is 1. The fourth-order valence-corrected chi connectivity index (χ4v) is 6.22. The maximum Gasteiger partial charge on any atom is 0.289 e. The summed E-state index contributed by atoms with van der Waals surface area (Å²) in [5, 5.41) is 6.72. The van der Waals surface area contributed by atoms with Gasteiger partial charge in [0.1, 0.15) is 0 Å². The summed E-state index contributed by atoms with van der Waals surface area (Å²) in [6, 6.07) is 0. The Hall–Kier alpha value is -1.36. The summed E-state index contributed by atoms with van der Waals surface area (Å²) in [6.45, 7) is 2.00. The molecule has 1 aliphatic heterocycles. The summed E-state index contributed by atoms with van der Waals surface area (Å²) < 4.78 is 5.85. The first kappa shape index (κ1) is 14.9. The van der Waals surface area contributed by atoms with Crippen LogP contribution in [-0.2, 0) is 0 Å². The molecule has 1 amide bonds. The Kier molecular flexibility index (Phi) is 3.47. The van der Waals surface area contributed by atoms with Crippen LogP contribution in [-0.4, -0.2) is 29.5 Å². The van der Waals surface area contributed by atoms with E-state index >= 15 is 0 Å². The molecule has 130 valence electrons. The number of oxazole rings is 1. The number of carbonyl (C=O) groups excluding carboxylic acids is 1. The Labute approximate surface area is 143 Å². The van der Waals surface area contributed by atoms with Crippen molar-refractivity contribution in [3.05, 3.63) is 17.8 Å². The monoisotopic (exact) mass is 329 g/mol. The number of nitrogens with one attached hydrogen (secondary N) is 2. The maximum atomic E-state index is 12.8. The lowest BCUT2D eigenvalue weighted by Crippen LogP contribution is -2.59. The standard InChI is InChI=1S/C19H27N3O2/c23-17(16-11-21-18(24-16)15-1-3-20-4-2-15)22-19-8-12-5-13(9-19)7-14(6-12)10-19/h11-15,20H,1-10H2,(H,22,23). The van der Waals surface area contributed by atoms with Crippen molar-refractivity contribution in [1.29, 1.82) is 0 Å². The summed E-state index contributed by atoms with van der Waals surface area (Å²) >= 11 is 0. The van der Waals surface area contributed by atoms with Crippen molar-refractivity contribution in [2.75, 3.05) is 13.1 Å². The van der Waals surface area contributed by atoms with Crippen LogP contribution in [0.25, 0.3) is 0 Å². The Bertz CT molecular complexity index is 597. The van der Waals surface area contributed by atoms with E-state index in [0.29, 0.717) is 11.7 Å². The quantitative estimate of drug-likeness (QED) is 0.895. The third kappa shape index (κ3) is 2.57. The van der Waals surface area contributed by atoms with Gasteiger partial charge in [-0.25, -0.2) is 4.98 Å². The molecule has 2 N–H and O–H groups in total. The van der Waals surface area contributed by atoms with Crippen LogP contribution in [0, 0.1) is 17.8 Å². The van der Waals surface area contributed by atoms with E-state index in [1.54, 1.807) is 6.20 Å². The average molecular weight is 329 g/mol. The number of rotatable bonds is 3. The van der Waals surface area contributed by atoms with Gasteiger partial charge in [-0.3, -0.25) is 4.79 Å². The predicted octanol–water partition coefficient (Wildman–Crippen LogP) is 2.84. The van der Waals surface area contributed by atoms with Crippen molar-refractivity contribution in [3.63, 3.8) is 0 Å². The van der Waals surface area contributed by atoms with Gasteiger partial charge in [-0.15, -0.1) is 0 Å². The number of hydrogen-bond acceptors (Lipinski definition) is 4. The molecule has 5 aliphatic rings. The van der Waals surface area contributed by atoms with E-state index in [0.717, 1.165) is 49.6 Å². The van der Waals surface area contributed by atoms with Crippen LogP contribution in [0.15, 0.2) is 10.6 Å². The molecule has 5 heteroatoms. The van der Waals surface area contributed by atoms with Crippen LogP contribution in [0.1, 0.15) is 73.7 Å². The molecule has 0 unspecified atom stereocenters. The van der Waals surface area contributed by atoms with Gasteiger partial charge in [-0.2, -0.15) is 0 Å². The lowest BCUT2D eigenvalue weighted by Gasteiger charge is -2.56. The molecule has 0 spiro atoms. The van der Waals surface area contributed by atoms with Gasteiger partial charge < -0.3 is 15.1 Å². The van der Waals surface area contributed by atoms with Crippen LogP contribution in [0.2, 0.25) is 0 Å². The van der Waals surface area contributed by atoms with Gasteiger partial charge >= 0.3 is 0 Å². The molecule has 5 nitrogen and oxygen atoms in total. The van der Waals surface area contributed by atoms with Crippen molar-refractivity contribution in [2.24, 2.45) is 17.8 Å².